The Morgan fingerprint density at radius 3 is 2.62 bits per heavy atom. The highest BCUT2D eigenvalue weighted by Crippen LogP contribution is 2.34. The van der Waals surface area contributed by atoms with Crippen LogP contribution in [0.5, 0.6) is 11.5 Å². The third-order valence-corrected chi connectivity index (χ3v) is 4.05. The van der Waals surface area contributed by atoms with Gasteiger partial charge in [0.2, 0.25) is 0 Å². The Morgan fingerprint density at radius 2 is 1.95 bits per heavy atom. The van der Waals surface area contributed by atoms with Crippen LogP contribution in [0.1, 0.15) is 12.5 Å². The SMILES string of the molecule is CCNCc1ccc(Oc2cc(F)c(Cl)cc2Br)cc1Cl. The molecule has 21 heavy (non-hydrogen) atoms. The minimum Gasteiger partial charge on any atom is -0.456 e. The van der Waals surface area contributed by atoms with Gasteiger partial charge in [-0.1, -0.05) is 36.2 Å². The van der Waals surface area contributed by atoms with E-state index in [9.17, 15) is 4.39 Å². The lowest BCUT2D eigenvalue weighted by atomic mass is 10.2. The summed E-state index contributed by atoms with van der Waals surface area (Å²) < 4.78 is 19.7. The smallest absolute Gasteiger partial charge is 0.145 e. The van der Waals surface area contributed by atoms with Gasteiger partial charge in [0.15, 0.2) is 0 Å². The van der Waals surface area contributed by atoms with E-state index in [1.165, 1.54) is 12.1 Å². The number of hydrogen-bond acceptors (Lipinski definition) is 2. The van der Waals surface area contributed by atoms with Crippen LogP contribution in [0.4, 0.5) is 4.39 Å². The van der Waals surface area contributed by atoms with E-state index >= 15 is 0 Å². The van der Waals surface area contributed by atoms with E-state index in [1.807, 2.05) is 13.0 Å². The second-order valence-corrected chi connectivity index (χ2v) is 6.00. The van der Waals surface area contributed by atoms with E-state index in [0.29, 0.717) is 27.5 Å². The molecule has 2 aromatic rings. The Balaban J connectivity index is 2.20. The number of rotatable bonds is 5. The van der Waals surface area contributed by atoms with E-state index in [2.05, 4.69) is 21.2 Å². The van der Waals surface area contributed by atoms with Crippen LogP contribution in [-0.4, -0.2) is 6.54 Å². The monoisotopic (exact) mass is 391 g/mol. The first kappa shape index (κ1) is 16.6. The number of halogens is 4. The zero-order chi connectivity index (χ0) is 15.4. The van der Waals surface area contributed by atoms with Crippen molar-refractivity contribution >= 4 is 39.1 Å². The lowest BCUT2D eigenvalue weighted by molar-refractivity contribution is 0.473. The molecule has 0 bridgehead atoms. The van der Waals surface area contributed by atoms with Crippen molar-refractivity contribution in [3.8, 4) is 11.5 Å². The molecular formula is C15H13BrCl2FNO. The molecule has 1 N–H and O–H groups in total. The molecule has 0 aliphatic heterocycles. The first-order chi connectivity index (χ1) is 10.0. The largest absolute Gasteiger partial charge is 0.456 e. The molecule has 6 heteroatoms. The van der Waals surface area contributed by atoms with Crippen LogP contribution in [0.3, 0.4) is 0 Å². The number of benzene rings is 2. The Bertz CT molecular complexity index is 652. The van der Waals surface area contributed by atoms with Crippen molar-refractivity contribution in [2.24, 2.45) is 0 Å². The predicted octanol–water partition coefficient (Wildman–Crippen LogP) is 5.80. The first-order valence-corrected chi connectivity index (χ1v) is 7.87. The van der Waals surface area contributed by atoms with Crippen LogP contribution in [-0.2, 0) is 6.54 Å². The van der Waals surface area contributed by atoms with Crippen LogP contribution in [0.2, 0.25) is 10.0 Å². The molecule has 0 aromatic heterocycles. The molecule has 0 atom stereocenters. The fourth-order valence-corrected chi connectivity index (χ4v) is 2.66. The number of hydrogen-bond donors (Lipinski definition) is 1. The third kappa shape index (κ3) is 4.33. The van der Waals surface area contributed by atoms with Gasteiger partial charge in [-0.2, -0.15) is 0 Å². The third-order valence-electron chi connectivity index (χ3n) is 2.79. The van der Waals surface area contributed by atoms with Crippen molar-refractivity contribution < 1.29 is 9.13 Å². The molecule has 0 heterocycles. The Kier molecular flexibility index (Phi) is 5.88. The van der Waals surface area contributed by atoms with E-state index in [-0.39, 0.29) is 5.02 Å². The van der Waals surface area contributed by atoms with Gasteiger partial charge in [-0.15, -0.1) is 0 Å². The maximum absolute atomic E-state index is 13.5. The van der Waals surface area contributed by atoms with Gasteiger partial charge in [-0.05, 0) is 46.2 Å². The van der Waals surface area contributed by atoms with Crippen molar-refractivity contribution in [2.75, 3.05) is 6.54 Å². The summed E-state index contributed by atoms with van der Waals surface area (Å²) in [5.41, 5.74) is 0.979. The lowest BCUT2D eigenvalue weighted by Crippen LogP contribution is -2.11. The summed E-state index contributed by atoms with van der Waals surface area (Å²) in [6, 6.07) is 8.05. The molecule has 0 aliphatic carbocycles. The van der Waals surface area contributed by atoms with E-state index in [0.717, 1.165) is 12.1 Å². The fourth-order valence-electron chi connectivity index (χ4n) is 1.70. The molecule has 112 valence electrons. The molecule has 0 saturated carbocycles. The summed E-state index contributed by atoms with van der Waals surface area (Å²) >= 11 is 15.2. The predicted molar refractivity (Wildman–Crippen MR) is 88.0 cm³/mol. The average Bonchev–Trinajstić information content (AvgIpc) is 2.44. The second kappa shape index (κ2) is 7.45. The molecule has 2 aromatic carbocycles. The van der Waals surface area contributed by atoms with Crippen LogP contribution in [0, 0.1) is 5.82 Å². The zero-order valence-corrected chi connectivity index (χ0v) is 14.3. The number of ether oxygens (including phenoxy) is 1. The second-order valence-electron chi connectivity index (χ2n) is 4.33. The summed E-state index contributed by atoms with van der Waals surface area (Å²) in [7, 11) is 0. The molecule has 2 nitrogen and oxygen atoms in total. The van der Waals surface area contributed by atoms with E-state index < -0.39 is 5.82 Å². The van der Waals surface area contributed by atoms with Gasteiger partial charge in [-0.3, -0.25) is 0 Å². The first-order valence-electron chi connectivity index (χ1n) is 6.32. The van der Waals surface area contributed by atoms with Gasteiger partial charge in [0.1, 0.15) is 17.3 Å². The van der Waals surface area contributed by atoms with E-state index in [4.69, 9.17) is 27.9 Å². The lowest BCUT2D eigenvalue weighted by Gasteiger charge is -2.11. The van der Waals surface area contributed by atoms with Gasteiger partial charge < -0.3 is 10.1 Å². The fraction of sp³-hybridized carbons (Fsp3) is 0.200. The van der Waals surface area contributed by atoms with Crippen molar-refractivity contribution in [1.29, 1.82) is 0 Å². The Hall–Kier alpha value is -0.810. The van der Waals surface area contributed by atoms with Crippen molar-refractivity contribution in [3.63, 3.8) is 0 Å². The van der Waals surface area contributed by atoms with E-state index in [1.54, 1.807) is 12.1 Å². The summed E-state index contributed by atoms with van der Waals surface area (Å²) in [6.07, 6.45) is 0. The molecule has 0 fully saturated rings. The molecule has 0 aliphatic rings. The zero-order valence-electron chi connectivity index (χ0n) is 11.2. The van der Waals surface area contributed by atoms with Crippen LogP contribution in [0.25, 0.3) is 0 Å². The molecule has 0 radical (unpaired) electrons. The molecule has 0 saturated heterocycles. The molecular weight excluding hydrogens is 380 g/mol. The summed E-state index contributed by atoms with van der Waals surface area (Å²) in [5.74, 6) is 0.333. The maximum Gasteiger partial charge on any atom is 0.145 e. The van der Waals surface area contributed by atoms with Crippen LogP contribution in [0.15, 0.2) is 34.8 Å². The van der Waals surface area contributed by atoms with Crippen molar-refractivity contribution in [2.45, 2.75) is 13.5 Å². The minimum absolute atomic E-state index is 0.0354. The number of nitrogens with one attached hydrogen (secondary N) is 1. The average molecular weight is 393 g/mol. The van der Waals surface area contributed by atoms with Gasteiger partial charge in [0.05, 0.1) is 9.50 Å². The highest BCUT2D eigenvalue weighted by molar-refractivity contribution is 9.10. The maximum atomic E-state index is 13.5. The summed E-state index contributed by atoms with van der Waals surface area (Å²) in [4.78, 5) is 0. The van der Waals surface area contributed by atoms with Crippen molar-refractivity contribution in [3.05, 3.63) is 56.2 Å². The van der Waals surface area contributed by atoms with Crippen LogP contribution < -0.4 is 10.1 Å². The molecule has 0 unspecified atom stereocenters. The van der Waals surface area contributed by atoms with Crippen LogP contribution >= 0.6 is 39.1 Å². The molecule has 2 rings (SSSR count). The van der Waals surface area contributed by atoms with Gasteiger partial charge >= 0.3 is 0 Å². The van der Waals surface area contributed by atoms with Crippen molar-refractivity contribution in [1.82, 2.24) is 5.32 Å². The Morgan fingerprint density at radius 1 is 1.19 bits per heavy atom. The molecule has 0 amide bonds. The topological polar surface area (TPSA) is 21.3 Å². The normalized spacial score (nSPS) is 10.7. The standard InChI is InChI=1S/C15H13BrCl2FNO/c1-2-20-8-9-3-4-10(5-12(9)17)21-15-7-14(19)13(18)6-11(15)16/h3-7,20H,2,8H2,1H3. The minimum atomic E-state index is -0.537. The summed E-state index contributed by atoms with van der Waals surface area (Å²) in [5, 5.41) is 3.83. The quantitative estimate of drug-likeness (QED) is 0.649. The summed E-state index contributed by atoms with van der Waals surface area (Å²) in [6.45, 7) is 3.58. The highest BCUT2D eigenvalue weighted by Gasteiger charge is 2.10. The van der Waals surface area contributed by atoms with Gasteiger partial charge in [0, 0.05) is 17.6 Å². The van der Waals surface area contributed by atoms with Gasteiger partial charge in [0.25, 0.3) is 0 Å². The van der Waals surface area contributed by atoms with Gasteiger partial charge in [-0.25, -0.2) is 4.39 Å². The Labute approximate surface area is 141 Å². The molecule has 0 spiro atoms. The highest BCUT2D eigenvalue weighted by atomic mass is 79.9.